The molecule has 2 saturated carbocycles. The van der Waals surface area contributed by atoms with Crippen LogP contribution in [0.2, 0.25) is 0 Å². The van der Waals surface area contributed by atoms with Crippen LogP contribution in [0, 0.1) is 17.2 Å². The van der Waals surface area contributed by atoms with Crippen molar-refractivity contribution in [2.24, 2.45) is 5.92 Å². The Labute approximate surface area is 98.2 Å². The summed E-state index contributed by atoms with van der Waals surface area (Å²) in [6.45, 7) is 0.565. The van der Waals surface area contributed by atoms with Crippen LogP contribution >= 0.6 is 0 Å². The maximum Gasteiger partial charge on any atom is 0.132 e. The Hall–Kier alpha value is -0.590. The Balaban J connectivity index is 1.83. The molecule has 2 fully saturated rings. The highest BCUT2D eigenvalue weighted by molar-refractivity contribution is 5.15. The molecule has 1 unspecified atom stereocenters. The van der Waals surface area contributed by atoms with Gasteiger partial charge in [0.15, 0.2) is 0 Å². The molecule has 3 heteroatoms. The lowest BCUT2D eigenvalue weighted by molar-refractivity contribution is 0.0000873. The van der Waals surface area contributed by atoms with Crippen LogP contribution in [0.1, 0.15) is 44.9 Å². The van der Waals surface area contributed by atoms with Crippen LogP contribution in [0.5, 0.6) is 0 Å². The van der Waals surface area contributed by atoms with Gasteiger partial charge in [0.2, 0.25) is 0 Å². The van der Waals surface area contributed by atoms with E-state index in [1.54, 1.807) is 0 Å². The lowest BCUT2D eigenvalue weighted by Crippen LogP contribution is -2.49. The molecule has 0 spiro atoms. The second kappa shape index (κ2) is 5.16. The zero-order valence-corrected chi connectivity index (χ0v) is 10.2. The SMILES string of the molecule is CNC(C#N)(COC1CCCCC1)C1CC1. The fraction of sp³-hybridized carbons (Fsp3) is 0.923. The van der Waals surface area contributed by atoms with E-state index in [1.807, 2.05) is 7.05 Å². The van der Waals surface area contributed by atoms with Crippen LogP contribution in [0.25, 0.3) is 0 Å². The van der Waals surface area contributed by atoms with Crippen LogP contribution in [-0.2, 0) is 4.74 Å². The molecular formula is C13H22N2O. The first kappa shape index (κ1) is 11.9. The molecule has 0 bridgehead atoms. The molecule has 0 aromatic heterocycles. The summed E-state index contributed by atoms with van der Waals surface area (Å²) in [7, 11) is 1.88. The van der Waals surface area contributed by atoms with Gasteiger partial charge in [-0.1, -0.05) is 19.3 Å². The second-order valence-corrected chi connectivity index (χ2v) is 5.18. The second-order valence-electron chi connectivity index (χ2n) is 5.18. The number of nitrogens with zero attached hydrogens (tertiary/aromatic N) is 1. The fourth-order valence-electron chi connectivity index (χ4n) is 2.63. The van der Waals surface area contributed by atoms with Crippen LogP contribution in [0.4, 0.5) is 0 Å². The van der Waals surface area contributed by atoms with Crippen molar-refractivity contribution in [1.82, 2.24) is 5.32 Å². The first-order valence-electron chi connectivity index (χ1n) is 6.52. The van der Waals surface area contributed by atoms with Crippen LogP contribution in [0.3, 0.4) is 0 Å². The third kappa shape index (κ3) is 2.56. The molecule has 0 heterocycles. The predicted molar refractivity (Wildman–Crippen MR) is 63.0 cm³/mol. The Morgan fingerprint density at radius 3 is 2.44 bits per heavy atom. The minimum Gasteiger partial charge on any atom is -0.375 e. The monoisotopic (exact) mass is 222 g/mol. The maximum absolute atomic E-state index is 9.32. The molecule has 0 aliphatic heterocycles. The molecule has 0 aromatic rings. The van der Waals surface area contributed by atoms with Gasteiger partial charge in [0, 0.05) is 0 Å². The van der Waals surface area contributed by atoms with Crippen molar-refractivity contribution in [2.45, 2.75) is 56.6 Å². The van der Waals surface area contributed by atoms with Crippen LogP contribution < -0.4 is 5.32 Å². The molecular weight excluding hydrogens is 200 g/mol. The molecule has 0 saturated heterocycles. The van der Waals surface area contributed by atoms with Gasteiger partial charge in [-0.2, -0.15) is 5.26 Å². The van der Waals surface area contributed by atoms with Crippen molar-refractivity contribution in [3.8, 4) is 6.07 Å². The van der Waals surface area contributed by atoms with Crippen LogP contribution in [0.15, 0.2) is 0 Å². The van der Waals surface area contributed by atoms with Crippen molar-refractivity contribution in [3.63, 3.8) is 0 Å². The smallest absolute Gasteiger partial charge is 0.132 e. The summed E-state index contributed by atoms with van der Waals surface area (Å²) < 4.78 is 5.95. The molecule has 2 aliphatic carbocycles. The summed E-state index contributed by atoms with van der Waals surface area (Å²) in [5.41, 5.74) is -0.419. The van der Waals surface area contributed by atoms with Crippen LogP contribution in [-0.4, -0.2) is 25.3 Å². The van der Waals surface area contributed by atoms with E-state index in [1.165, 1.54) is 44.9 Å². The average molecular weight is 222 g/mol. The van der Waals surface area contributed by atoms with E-state index in [0.29, 0.717) is 18.6 Å². The number of nitriles is 1. The van der Waals surface area contributed by atoms with Gasteiger partial charge in [0.1, 0.15) is 5.54 Å². The predicted octanol–water partition coefficient (Wildman–Crippen LogP) is 2.23. The van der Waals surface area contributed by atoms with E-state index in [-0.39, 0.29) is 0 Å². The van der Waals surface area contributed by atoms with Crippen molar-refractivity contribution < 1.29 is 4.74 Å². The van der Waals surface area contributed by atoms with Gasteiger partial charge in [-0.05, 0) is 38.6 Å². The maximum atomic E-state index is 9.32. The Morgan fingerprint density at radius 2 is 1.94 bits per heavy atom. The van der Waals surface area contributed by atoms with Crippen molar-refractivity contribution >= 4 is 0 Å². The Bertz CT molecular complexity index is 264. The summed E-state index contributed by atoms with van der Waals surface area (Å²) in [5.74, 6) is 0.506. The van der Waals surface area contributed by atoms with Gasteiger partial charge in [-0.3, -0.25) is 0 Å². The highest BCUT2D eigenvalue weighted by Gasteiger charge is 2.45. The van der Waals surface area contributed by atoms with Gasteiger partial charge < -0.3 is 10.1 Å². The topological polar surface area (TPSA) is 45.0 Å². The fourth-order valence-corrected chi connectivity index (χ4v) is 2.63. The lowest BCUT2D eigenvalue weighted by atomic mass is 9.95. The van der Waals surface area contributed by atoms with E-state index < -0.39 is 5.54 Å². The average Bonchev–Trinajstić information content (AvgIpc) is 3.17. The first-order valence-corrected chi connectivity index (χ1v) is 6.52. The number of ether oxygens (including phenoxy) is 1. The number of likely N-dealkylation sites (N-methyl/N-ethyl adjacent to an activating group) is 1. The zero-order valence-electron chi connectivity index (χ0n) is 10.2. The van der Waals surface area contributed by atoms with E-state index in [0.717, 1.165) is 0 Å². The molecule has 2 aliphatic rings. The third-order valence-electron chi connectivity index (χ3n) is 4.02. The van der Waals surface area contributed by atoms with Gasteiger partial charge in [-0.25, -0.2) is 0 Å². The summed E-state index contributed by atoms with van der Waals surface area (Å²) in [5, 5.41) is 12.5. The number of rotatable bonds is 5. The number of nitrogens with one attached hydrogen (secondary N) is 1. The minimum absolute atomic E-state index is 0.397. The normalized spacial score (nSPS) is 26.0. The van der Waals surface area contributed by atoms with Gasteiger partial charge in [0.25, 0.3) is 0 Å². The summed E-state index contributed by atoms with van der Waals surface area (Å²) >= 11 is 0. The highest BCUT2D eigenvalue weighted by atomic mass is 16.5. The molecule has 0 amide bonds. The van der Waals surface area contributed by atoms with Gasteiger partial charge in [0.05, 0.1) is 18.8 Å². The molecule has 1 atom stereocenters. The van der Waals surface area contributed by atoms with Gasteiger partial charge >= 0.3 is 0 Å². The lowest BCUT2D eigenvalue weighted by Gasteiger charge is -2.30. The zero-order chi connectivity index (χ0) is 11.4. The van der Waals surface area contributed by atoms with E-state index in [2.05, 4.69) is 11.4 Å². The van der Waals surface area contributed by atoms with Crippen molar-refractivity contribution in [1.29, 1.82) is 5.26 Å². The Kier molecular flexibility index (Phi) is 3.83. The summed E-state index contributed by atoms with van der Waals surface area (Å²) in [6.07, 6.45) is 9.00. The first-order chi connectivity index (χ1) is 7.80. The molecule has 16 heavy (non-hydrogen) atoms. The Morgan fingerprint density at radius 1 is 1.25 bits per heavy atom. The van der Waals surface area contributed by atoms with Crippen molar-refractivity contribution in [2.75, 3.05) is 13.7 Å². The number of hydrogen-bond donors (Lipinski definition) is 1. The molecule has 0 aromatic carbocycles. The number of hydrogen-bond acceptors (Lipinski definition) is 3. The molecule has 2 rings (SSSR count). The van der Waals surface area contributed by atoms with Gasteiger partial charge in [-0.15, -0.1) is 0 Å². The summed E-state index contributed by atoms with van der Waals surface area (Å²) in [4.78, 5) is 0. The standard InChI is InChI=1S/C13H22N2O/c1-15-13(9-14,11-7-8-11)10-16-12-5-3-2-4-6-12/h11-12,15H,2-8,10H2,1H3. The minimum atomic E-state index is -0.419. The third-order valence-corrected chi connectivity index (χ3v) is 4.02. The van der Waals surface area contributed by atoms with E-state index >= 15 is 0 Å². The highest BCUT2D eigenvalue weighted by Crippen LogP contribution is 2.39. The largest absolute Gasteiger partial charge is 0.375 e. The molecule has 1 N–H and O–H groups in total. The van der Waals surface area contributed by atoms with Crippen molar-refractivity contribution in [3.05, 3.63) is 0 Å². The van der Waals surface area contributed by atoms with E-state index in [4.69, 9.17) is 4.74 Å². The molecule has 3 nitrogen and oxygen atoms in total. The quantitative estimate of drug-likeness (QED) is 0.776. The summed E-state index contributed by atoms with van der Waals surface area (Å²) in [6, 6.07) is 2.43. The molecule has 0 radical (unpaired) electrons. The van der Waals surface area contributed by atoms with E-state index in [9.17, 15) is 5.26 Å². The molecule has 90 valence electrons.